The van der Waals surface area contributed by atoms with E-state index in [2.05, 4.69) is 103 Å². The van der Waals surface area contributed by atoms with Crippen molar-refractivity contribution in [3.05, 3.63) is 101 Å². The van der Waals surface area contributed by atoms with Crippen LogP contribution >= 0.6 is 0 Å². The molecule has 1 N–H and O–H groups in total. The Morgan fingerprint density at radius 1 is 0.839 bits per heavy atom. The van der Waals surface area contributed by atoms with Crippen molar-refractivity contribution in [2.24, 2.45) is 16.7 Å². The van der Waals surface area contributed by atoms with E-state index in [1.807, 2.05) is 53.8 Å². The van der Waals surface area contributed by atoms with Crippen LogP contribution in [0.1, 0.15) is 124 Å². The van der Waals surface area contributed by atoms with Crippen LogP contribution < -0.4 is 0 Å². The van der Waals surface area contributed by atoms with Crippen LogP contribution in [0.4, 0.5) is 0 Å². The van der Waals surface area contributed by atoms with Gasteiger partial charge in [0.2, 0.25) is 0 Å². The first-order valence-corrected chi connectivity index (χ1v) is 20.2. The van der Waals surface area contributed by atoms with Gasteiger partial charge >= 0.3 is 0 Å². The minimum Gasteiger partial charge on any atom is -0.512 e. The van der Waals surface area contributed by atoms with Crippen LogP contribution in [-0.4, -0.2) is 15.9 Å². The number of rotatable bonds is 11. The first-order valence-electron chi connectivity index (χ1n) is 20.2. The molecule has 0 atom stereocenters. The van der Waals surface area contributed by atoms with Crippen LogP contribution in [0.15, 0.2) is 81.5 Å². The summed E-state index contributed by atoms with van der Waals surface area (Å²) in [6.07, 6.45) is 7.56. The number of fused-ring (bicyclic) bond motifs is 3. The number of hydrogen-bond acceptors (Lipinski definition) is 5. The first-order chi connectivity index (χ1) is 25.9. The number of allylic oxidation sites excluding steroid dienone is 2. The van der Waals surface area contributed by atoms with Crippen molar-refractivity contribution < 1.29 is 38.8 Å². The average molecular weight is 933 g/mol. The van der Waals surface area contributed by atoms with Crippen molar-refractivity contribution in [3.8, 4) is 22.6 Å². The number of hydrogen-bond donors (Lipinski definition) is 1. The van der Waals surface area contributed by atoms with Crippen LogP contribution in [0.3, 0.4) is 0 Å². The molecule has 0 aliphatic carbocycles. The molecule has 0 saturated heterocycles. The summed E-state index contributed by atoms with van der Waals surface area (Å²) < 4.78 is 12.8. The Hall–Kier alpha value is -3.99. The molecule has 3 aromatic carbocycles. The zero-order chi connectivity index (χ0) is 40.5. The smallest absolute Gasteiger partial charge is 0.164 e. The van der Waals surface area contributed by atoms with E-state index in [0.717, 1.165) is 93.3 Å². The standard InChI is InChI=1S/C35H34NO2.C15H28O2.Ir/c1-20(2)17-27-22(4)37-29-14-10-13-26(32(27)29)34-21(3)31-30(38-34)15-16-36-33(31)24-18-23-11-8-9-12-25(23)28(19-24)35(5,6)7;1-7-14(5,8-2)12(16)11-13(17)15(6,9-3)10-4;/h8-16,19-20H,17H2,1-7H3;11,16H,7-10H2,1-6H3;/q-1;;/b;12-11-;. The largest absolute Gasteiger partial charge is 0.512 e. The van der Waals surface area contributed by atoms with Gasteiger partial charge in [-0.3, -0.25) is 9.78 Å². The summed E-state index contributed by atoms with van der Waals surface area (Å²) in [6.45, 7) is 27.6. The predicted octanol–water partition coefficient (Wildman–Crippen LogP) is 14.6. The molecule has 6 aromatic rings. The van der Waals surface area contributed by atoms with Gasteiger partial charge in [-0.25, -0.2) is 0 Å². The Morgan fingerprint density at radius 3 is 2.07 bits per heavy atom. The van der Waals surface area contributed by atoms with E-state index in [9.17, 15) is 9.90 Å². The minimum atomic E-state index is -0.337. The van der Waals surface area contributed by atoms with E-state index in [-0.39, 0.29) is 47.9 Å². The second kappa shape index (κ2) is 17.7. The molecule has 0 aliphatic rings. The molecule has 56 heavy (non-hydrogen) atoms. The normalized spacial score (nSPS) is 12.6. The Bertz CT molecular complexity index is 2340. The number of ketones is 1. The molecule has 6 rings (SSSR count). The van der Waals surface area contributed by atoms with Crippen molar-refractivity contribution in [1.82, 2.24) is 4.98 Å². The van der Waals surface area contributed by atoms with E-state index in [1.165, 1.54) is 22.6 Å². The number of carbonyl (C=O) groups is 1. The van der Waals surface area contributed by atoms with Gasteiger partial charge in [-0.15, -0.1) is 29.1 Å². The Labute approximate surface area is 348 Å². The van der Waals surface area contributed by atoms with E-state index < -0.39 is 0 Å². The van der Waals surface area contributed by atoms with Crippen LogP contribution in [0.5, 0.6) is 0 Å². The van der Waals surface area contributed by atoms with E-state index in [0.29, 0.717) is 5.92 Å². The minimum absolute atomic E-state index is 0. The molecule has 5 nitrogen and oxygen atoms in total. The molecule has 1 radical (unpaired) electrons. The molecule has 3 aromatic heterocycles. The van der Waals surface area contributed by atoms with Crippen LogP contribution in [0.2, 0.25) is 0 Å². The molecule has 0 spiro atoms. The fraction of sp³-hybridized carbons (Fsp3) is 0.440. The molecule has 6 heteroatoms. The van der Waals surface area contributed by atoms with Crippen molar-refractivity contribution in [3.63, 3.8) is 0 Å². The number of aromatic nitrogens is 1. The van der Waals surface area contributed by atoms with E-state index in [1.54, 1.807) is 0 Å². The number of pyridine rings is 1. The molecular formula is C50H62IrNO4-. The maximum atomic E-state index is 12.2. The molecule has 0 fully saturated rings. The van der Waals surface area contributed by atoms with Crippen LogP contribution in [-0.2, 0) is 36.7 Å². The molecule has 0 aliphatic heterocycles. The van der Waals surface area contributed by atoms with Gasteiger partial charge in [0.1, 0.15) is 28.4 Å². The van der Waals surface area contributed by atoms with Gasteiger partial charge in [-0.05, 0) is 75.0 Å². The second-order valence-electron chi connectivity index (χ2n) is 17.3. The summed E-state index contributed by atoms with van der Waals surface area (Å²) in [5.41, 5.74) is 7.74. The zero-order valence-electron chi connectivity index (χ0n) is 35.9. The number of furan rings is 2. The summed E-state index contributed by atoms with van der Waals surface area (Å²) >= 11 is 0. The topological polar surface area (TPSA) is 76.5 Å². The summed E-state index contributed by atoms with van der Waals surface area (Å²) in [6, 6.07) is 22.7. The fourth-order valence-electron chi connectivity index (χ4n) is 7.49. The predicted molar refractivity (Wildman–Crippen MR) is 231 cm³/mol. The Balaban J connectivity index is 0.000000330. The van der Waals surface area contributed by atoms with Gasteiger partial charge in [0.15, 0.2) is 5.78 Å². The number of nitrogens with zero attached hydrogens (tertiary/aromatic N) is 1. The maximum absolute atomic E-state index is 12.2. The fourth-order valence-corrected chi connectivity index (χ4v) is 7.49. The van der Waals surface area contributed by atoms with Crippen molar-refractivity contribution in [2.45, 2.75) is 128 Å². The SMILES string of the molecule is CCC(C)(CC)C(=O)/C=C(\O)C(C)(CC)CC.Cc1oc2cccc(-c3oc4ccnc(-c5[c-]c6ccccc6c(C(C)(C)C)c5)c4c3C)c2c1CC(C)C.[Ir]. The zero-order valence-corrected chi connectivity index (χ0v) is 38.3. The Morgan fingerprint density at radius 2 is 1.46 bits per heavy atom. The van der Waals surface area contributed by atoms with Gasteiger partial charge in [0.25, 0.3) is 0 Å². The van der Waals surface area contributed by atoms with Crippen molar-refractivity contribution in [1.29, 1.82) is 0 Å². The molecule has 0 amide bonds. The summed E-state index contributed by atoms with van der Waals surface area (Å²) in [4.78, 5) is 17.1. The number of carbonyl (C=O) groups excluding carboxylic acids is 1. The third kappa shape index (κ3) is 8.77. The molecule has 3 heterocycles. The third-order valence-corrected chi connectivity index (χ3v) is 12.2. The Kier molecular flexibility index (Phi) is 14.1. The molecule has 0 saturated carbocycles. The molecule has 0 unspecified atom stereocenters. The van der Waals surface area contributed by atoms with Gasteiger partial charge < -0.3 is 13.9 Å². The van der Waals surface area contributed by atoms with Gasteiger partial charge in [0.05, 0.1) is 0 Å². The summed E-state index contributed by atoms with van der Waals surface area (Å²) in [5, 5.41) is 14.7. The van der Waals surface area contributed by atoms with E-state index >= 15 is 0 Å². The number of aryl methyl sites for hydroxylation is 2. The van der Waals surface area contributed by atoms with Gasteiger partial charge in [-0.2, -0.15) is 0 Å². The van der Waals surface area contributed by atoms with Crippen LogP contribution in [0.25, 0.3) is 55.3 Å². The third-order valence-electron chi connectivity index (χ3n) is 12.2. The van der Waals surface area contributed by atoms with E-state index in [4.69, 9.17) is 13.8 Å². The quantitative estimate of drug-likeness (QED) is 0.0796. The average Bonchev–Trinajstić information content (AvgIpc) is 3.68. The van der Waals surface area contributed by atoms with Crippen molar-refractivity contribution in [2.75, 3.05) is 0 Å². The van der Waals surface area contributed by atoms with Crippen LogP contribution in [0, 0.1) is 36.7 Å². The summed E-state index contributed by atoms with van der Waals surface area (Å²) in [7, 11) is 0. The molecular weight excluding hydrogens is 871 g/mol. The maximum Gasteiger partial charge on any atom is 0.164 e. The number of aliphatic hydroxyl groups excluding tert-OH is 1. The summed E-state index contributed by atoms with van der Waals surface area (Å²) in [5.74, 6) is 2.67. The number of benzene rings is 3. The monoisotopic (exact) mass is 933 g/mol. The number of aliphatic hydroxyl groups is 1. The molecule has 0 bridgehead atoms. The van der Waals surface area contributed by atoms with Crippen molar-refractivity contribution >= 4 is 38.5 Å². The van der Waals surface area contributed by atoms with Gasteiger partial charge in [-0.1, -0.05) is 117 Å². The first kappa shape index (κ1) is 44.7. The van der Waals surface area contributed by atoms with Gasteiger partial charge in [0, 0.05) is 70.8 Å². The second-order valence-corrected chi connectivity index (χ2v) is 17.3. The molecule has 301 valence electrons.